The molecule has 2 aromatic heterocycles. The van der Waals surface area contributed by atoms with E-state index in [2.05, 4.69) is 21.7 Å². The zero-order valence-corrected chi connectivity index (χ0v) is 15.2. The number of aromatic nitrogens is 1. The fraction of sp³-hybridized carbons (Fsp3) is 0.263. The Labute approximate surface area is 157 Å². The van der Waals surface area contributed by atoms with Crippen LogP contribution in [-0.2, 0) is 25.8 Å². The van der Waals surface area contributed by atoms with E-state index in [1.54, 1.807) is 6.92 Å². The molecule has 1 aliphatic rings. The molecule has 1 aliphatic heterocycles. The van der Waals surface area contributed by atoms with Gasteiger partial charge in [-0.3, -0.25) is 4.79 Å². The van der Waals surface area contributed by atoms with Crippen molar-refractivity contribution in [2.75, 3.05) is 0 Å². The number of halogens is 3. The highest BCUT2D eigenvalue weighted by molar-refractivity contribution is 7.20. The van der Waals surface area contributed by atoms with Crippen molar-refractivity contribution in [2.24, 2.45) is 0 Å². The van der Waals surface area contributed by atoms with Gasteiger partial charge >= 0.3 is 6.18 Å². The van der Waals surface area contributed by atoms with Gasteiger partial charge in [-0.1, -0.05) is 18.2 Å². The number of carbonyl (C=O) groups excluding carboxylic acids is 1. The van der Waals surface area contributed by atoms with E-state index in [9.17, 15) is 18.0 Å². The molecular weight excluding hydrogens is 375 g/mol. The maximum atomic E-state index is 12.8. The van der Waals surface area contributed by atoms with Crippen molar-refractivity contribution < 1.29 is 18.0 Å². The molecule has 3 heterocycles. The van der Waals surface area contributed by atoms with Gasteiger partial charge in [0.05, 0.1) is 4.88 Å². The van der Waals surface area contributed by atoms with Crippen LogP contribution in [0.2, 0.25) is 0 Å². The second-order valence-electron chi connectivity index (χ2n) is 6.49. The molecule has 0 aliphatic carbocycles. The number of thiophene rings is 1. The first-order valence-electron chi connectivity index (χ1n) is 8.40. The summed E-state index contributed by atoms with van der Waals surface area (Å²) >= 11 is 0.984. The highest BCUT2D eigenvalue weighted by atomic mass is 32.1. The Morgan fingerprint density at radius 3 is 2.78 bits per heavy atom. The maximum absolute atomic E-state index is 12.8. The highest BCUT2D eigenvalue weighted by Gasteiger charge is 2.33. The van der Waals surface area contributed by atoms with E-state index in [4.69, 9.17) is 0 Å². The number of fused-ring (bicyclic) bond motifs is 2. The van der Waals surface area contributed by atoms with Crippen molar-refractivity contribution in [1.29, 1.82) is 0 Å². The highest BCUT2D eigenvalue weighted by Crippen LogP contribution is 2.34. The number of rotatable bonds is 3. The molecular formula is C19H16F3N3OS. The molecule has 0 saturated carbocycles. The zero-order valence-electron chi connectivity index (χ0n) is 14.4. The summed E-state index contributed by atoms with van der Waals surface area (Å²) in [5.74, 6) is -0.303. The number of pyridine rings is 1. The Kier molecular flexibility index (Phi) is 4.39. The van der Waals surface area contributed by atoms with E-state index in [-0.39, 0.29) is 10.7 Å². The Morgan fingerprint density at radius 1 is 1.22 bits per heavy atom. The lowest BCUT2D eigenvalue weighted by Crippen LogP contribution is -2.22. The molecule has 4 rings (SSSR count). The van der Waals surface area contributed by atoms with Crippen LogP contribution in [0.15, 0.2) is 30.3 Å². The van der Waals surface area contributed by atoms with Crippen molar-refractivity contribution >= 4 is 27.5 Å². The molecule has 1 amide bonds. The standard InChI is InChI=1S/C19H16F3N3OS/c1-10-14-4-5-15(19(20,21)22)25-18(14)27-16(10)17(26)24-7-11-2-3-12-8-23-9-13(12)6-11/h2-6,23H,7-9H2,1H3,(H,24,26). The van der Waals surface area contributed by atoms with Gasteiger partial charge in [-0.2, -0.15) is 13.2 Å². The summed E-state index contributed by atoms with van der Waals surface area (Å²) in [6.45, 7) is 3.76. The van der Waals surface area contributed by atoms with Gasteiger partial charge in [0.25, 0.3) is 5.91 Å². The van der Waals surface area contributed by atoms with Crippen molar-refractivity contribution in [3.8, 4) is 0 Å². The molecule has 0 spiro atoms. The fourth-order valence-corrected chi connectivity index (χ4v) is 4.29. The molecule has 0 radical (unpaired) electrons. The Morgan fingerprint density at radius 2 is 2.00 bits per heavy atom. The van der Waals surface area contributed by atoms with Crippen molar-refractivity contribution in [2.45, 2.75) is 32.7 Å². The lowest BCUT2D eigenvalue weighted by atomic mass is 10.1. The molecule has 27 heavy (non-hydrogen) atoms. The third-order valence-corrected chi connectivity index (χ3v) is 5.86. The van der Waals surface area contributed by atoms with Gasteiger partial charge < -0.3 is 10.6 Å². The van der Waals surface area contributed by atoms with Crippen LogP contribution >= 0.6 is 11.3 Å². The van der Waals surface area contributed by atoms with Crippen molar-refractivity contribution in [3.63, 3.8) is 0 Å². The molecule has 0 unspecified atom stereocenters. The lowest BCUT2D eigenvalue weighted by molar-refractivity contribution is -0.140. The fourth-order valence-electron chi connectivity index (χ4n) is 3.19. The van der Waals surface area contributed by atoms with E-state index >= 15 is 0 Å². The number of hydrogen-bond acceptors (Lipinski definition) is 4. The first kappa shape index (κ1) is 17.9. The SMILES string of the molecule is Cc1c(C(=O)NCc2ccc3c(c2)CNC3)sc2nc(C(F)(F)F)ccc12. The van der Waals surface area contributed by atoms with Gasteiger partial charge in [0.15, 0.2) is 0 Å². The normalized spacial score (nSPS) is 13.8. The van der Waals surface area contributed by atoms with E-state index in [0.29, 0.717) is 22.4 Å². The minimum atomic E-state index is -4.50. The second kappa shape index (κ2) is 6.61. The van der Waals surface area contributed by atoms with Crippen LogP contribution in [0.1, 0.15) is 37.6 Å². The first-order valence-corrected chi connectivity index (χ1v) is 9.21. The number of alkyl halides is 3. The summed E-state index contributed by atoms with van der Waals surface area (Å²) in [7, 11) is 0. The monoisotopic (exact) mass is 391 g/mol. The van der Waals surface area contributed by atoms with E-state index in [1.807, 2.05) is 12.1 Å². The Bertz CT molecular complexity index is 1040. The predicted octanol–water partition coefficient (Wildman–Crippen LogP) is 4.16. The molecule has 0 bridgehead atoms. The predicted molar refractivity (Wildman–Crippen MR) is 97.5 cm³/mol. The average Bonchev–Trinajstić information content (AvgIpc) is 3.22. The lowest BCUT2D eigenvalue weighted by Gasteiger charge is -2.07. The number of hydrogen-bond donors (Lipinski definition) is 2. The third kappa shape index (κ3) is 3.42. The molecule has 0 fully saturated rings. The summed E-state index contributed by atoms with van der Waals surface area (Å²) < 4.78 is 38.5. The second-order valence-corrected chi connectivity index (χ2v) is 7.49. The molecule has 0 atom stereocenters. The van der Waals surface area contributed by atoms with Crippen molar-refractivity contribution in [1.82, 2.24) is 15.6 Å². The van der Waals surface area contributed by atoms with Gasteiger partial charge in [0, 0.05) is 25.0 Å². The van der Waals surface area contributed by atoms with Crippen LogP contribution in [0.3, 0.4) is 0 Å². The number of aryl methyl sites for hydroxylation is 1. The smallest absolute Gasteiger partial charge is 0.347 e. The number of nitrogens with one attached hydrogen (secondary N) is 2. The van der Waals surface area contributed by atoms with Crippen LogP contribution in [0.5, 0.6) is 0 Å². The van der Waals surface area contributed by atoms with Gasteiger partial charge in [-0.05, 0) is 41.3 Å². The van der Waals surface area contributed by atoms with Crippen LogP contribution in [0.25, 0.3) is 10.2 Å². The first-order chi connectivity index (χ1) is 12.8. The van der Waals surface area contributed by atoms with Gasteiger partial charge in [0.1, 0.15) is 10.5 Å². The summed E-state index contributed by atoms with van der Waals surface area (Å²) in [6, 6.07) is 8.40. The average molecular weight is 391 g/mol. The van der Waals surface area contributed by atoms with Crippen LogP contribution in [-0.4, -0.2) is 10.9 Å². The van der Waals surface area contributed by atoms with Gasteiger partial charge in [-0.25, -0.2) is 4.98 Å². The molecule has 2 N–H and O–H groups in total. The van der Waals surface area contributed by atoms with Crippen LogP contribution in [0.4, 0.5) is 13.2 Å². The number of amides is 1. The summed E-state index contributed by atoms with van der Waals surface area (Å²) in [4.78, 5) is 16.8. The topological polar surface area (TPSA) is 54.0 Å². The number of benzene rings is 1. The molecule has 1 aromatic carbocycles. The third-order valence-electron chi connectivity index (χ3n) is 4.65. The molecule has 4 nitrogen and oxygen atoms in total. The largest absolute Gasteiger partial charge is 0.433 e. The summed E-state index contributed by atoms with van der Waals surface area (Å²) in [5.41, 5.74) is 3.17. The summed E-state index contributed by atoms with van der Waals surface area (Å²) in [5, 5.41) is 6.70. The van der Waals surface area contributed by atoms with Crippen molar-refractivity contribution in [3.05, 3.63) is 63.2 Å². The summed E-state index contributed by atoms with van der Waals surface area (Å²) in [6.07, 6.45) is -4.50. The molecule has 140 valence electrons. The van der Waals surface area contributed by atoms with E-state index < -0.39 is 11.9 Å². The number of carbonyl (C=O) groups is 1. The van der Waals surface area contributed by atoms with Gasteiger partial charge in [-0.15, -0.1) is 11.3 Å². The van der Waals surface area contributed by atoms with E-state index in [0.717, 1.165) is 36.1 Å². The minimum Gasteiger partial charge on any atom is -0.347 e. The molecule has 0 saturated heterocycles. The maximum Gasteiger partial charge on any atom is 0.433 e. The van der Waals surface area contributed by atoms with Gasteiger partial charge in [0.2, 0.25) is 0 Å². The Balaban J connectivity index is 1.54. The van der Waals surface area contributed by atoms with Crippen LogP contribution < -0.4 is 10.6 Å². The number of nitrogens with zero attached hydrogens (tertiary/aromatic N) is 1. The molecule has 3 aromatic rings. The zero-order chi connectivity index (χ0) is 19.2. The quantitative estimate of drug-likeness (QED) is 0.705. The minimum absolute atomic E-state index is 0.219. The van der Waals surface area contributed by atoms with E-state index in [1.165, 1.54) is 17.2 Å². The Hall–Kier alpha value is -2.45. The van der Waals surface area contributed by atoms with Crippen LogP contribution in [0, 0.1) is 6.92 Å². The molecule has 8 heteroatoms.